The van der Waals surface area contributed by atoms with Gasteiger partial charge in [0, 0.05) is 31.7 Å². The molecule has 1 heterocycles. The fourth-order valence-corrected chi connectivity index (χ4v) is 2.78. The number of carbonyl (C=O) groups excluding carboxylic acids is 1. The normalized spacial score (nSPS) is 18.3. The minimum Gasteiger partial charge on any atom is -0.381 e. The summed E-state index contributed by atoms with van der Waals surface area (Å²) in [5, 5.41) is -0.359. The molecule has 1 amide bonds. The Bertz CT molecular complexity index is 610. The number of benzene rings is 1. The standard InChI is InChI=1S/C17H19ClF3NO2/c1-2-22(10-13-7-8-24-11-13)16(23)6-4-12-3-5-15(18)14(9-12)17(19,20)21/h3-6,9,13H,2,7-8,10-11H2,1H3/b6-4+. The van der Waals surface area contributed by atoms with Gasteiger partial charge in [0.05, 0.1) is 17.2 Å². The Labute approximate surface area is 144 Å². The number of amides is 1. The summed E-state index contributed by atoms with van der Waals surface area (Å²) in [5.41, 5.74) is -0.630. The first-order valence-corrected chi connectivity index (χ1v) is 8.10. The summed E-state index contributed by atoms with van der Waals surface area (Å²) >= 11 is 5.58. The molecule has 1 aromatic carbocycles. The van der Waals surface area contributed by atoms with E-state index in [1.165, 1.54) is 24.3 Å². The molecule has 24 heavy (non-hydrogen) atoms. The number of halogens is 4. The molecule has 0 aromatic heterocycles. The molecule has 1 fully saturated rings. The largest absolute Gasteiger partial charge is 0.417 e. The first-order valence-electron chi connectivity index (χ1n) is 7.72. The van der Waals surface area contributed by atoms with Crippen LogP contribution in [-0.2, 0) is 15.7 Å². The zero-order valence-corrected chi connectivity index (χ0v) is 14.0. The van der Waals surface area contributed by atoms with Crippen LogP contribution in [-0.4, -0.2) is 37.1 Å². The molecule has 1 aliphatic heterocycles. The summed E-state index contributed by atoms with van der Waals surface area (Å²) in [6.07, 6.45) is -0.938. The van der Waals surface area contributed by atoms with Crippen molar-refractivity contribution in [3.8, 4) is 0 Å². The first-order chi connectivity index (χ1) is 11.3. The average molecular weight is 362 g/mol. The van der Waals surface area contributed by atoms with E-state index in [-0.39, 0.29) is 16.5 Å². The third kappa shape index (κ3) is 4.98. The minimum absolute atomic E-state index is 0.229. The van der Waals surface area contributed by atoms with Crippen molar-refractivity contribution in [2.24, 2.45) is 5.92 Å². The maximum absolute atomic E-state index is 12.8. The van der Waals surface area contributed by atoms with Gasteiger partial charge >= 0.3 is 6.18 Å². The zero-order chi connectivity index (χ0) is 17.7. The van der Waals surface area contributed by atoms with Gasteiger partial charge in [0.15, 0.2) is 0 Å². The van der Waals surface area contributed by atoms with Gasteiger partial charge in [-0.3, -0.25) is 4.79 Å². The summed E-state index contributed by atoms with van der Waals surface area (Å²) in [5.74, 6) is 0.0857. The number of nitrogens with zero attached hydrogens (tertiary/aromatic N) is 1. The van der Waals surface area contributed by atoms with Crippen LogP contribution in [0.15, 0.2) is 24.3 Å². The van der Waals surface area contributed by atoms with Gasteiger partial charge in [-0.2, -0.15) is 13.2 Å². The molecule has 0 spiro atoms. The van der Waals surface area contributed by atoms with E-state index in [9.17, 15) is 18.0 Å². The molecule has 0 bridgehead atoms. The molecule has 1 saturated heterocycles. The third-order valence-electron chi connectivity index (χ3n) is 3.91. The summed E-state index contributed by atoms with van der Waals surface area (Å²) < 4.78 is 43.8. The second-order valence-corrected chi connectivity index (χ2v) is 6.08. The van der Waals surface area contributed by atoms with Crippen molar-refractivity contribution in [3.63, 3.8) is 0 Å². The van der Waals surface area contributed by atoms with Gasteiger partial charge in [-0.15, -0.1) is 0 Å². The highest BCUT2D eigenvalue weighted by Crippen LogP contribution is 2.35. The lowest BCUT2D eigenvalue weighted by Crippen LogP contribution is -2.34. The van der Waals surface area contributed by atoms with Crippen LogP contribution in [0.5, 0.6) is 0 Å². The molecular formula is C17H19ClF3NO2. The molecule has 0 saturated carbocycles. The van der Waals surface area contributed by atoms with Crippen molar-refractivity contribution >= 4 is 23.6 Å². The molecule has 132 valence electrons. The Morgan fingerprint density at radius 2 is 2.21 bits per heavy atom. The molecule has 1 unspecified atom stereocenters. The van der Waals surface area contributed by atoms with Gasteiger partial charge in [0.1, 0.15) is 0 Å². The van der Waals surface area contributed by atoms with E-state index in [2.05, 4.69) is 0 Å². The molecule has 1 atom stereocenters. The molecule has 1 aromatic rings. The van der Waals surface area contributed by atoms with Crippen LogP contribution < -0.4 is 0 Å². The van der Waals surface area contributed by atoms with Crippen molar-refractivity contribution in [1.82, 2.24) is 4.90 Å². The Hall–Kier alpha value is -1.53. The van der Waals surface area contributed by atoms with E-state index in [1.807, 2.05) is 6.92 Å². The number of hydrogen-bond acceptors (Lipinski definition) is 2. The SMILES string of the molecule is CCN(CC1CCOC1)C(=O)/C=C/c1ccc(Cl)c(C(F)(F)F)c1. The van der Waals surface area contributed by atoms with E-state index >= 15 is 0 Å². The van der Waals surface area contributed by atoms with Gasteiger partial charge in [-0.25, -0.2) is 0 Å². The molecule has 2 rings (SSSR count). The molecule has 0 N–H and O–H groups in total. The average Bonchev–Trinajstić information content (AvgIpc) is 3.03. The number of likely N-dealkylation sites (N-methyl/N-ethyl adjacent to an activating group) is 1. The summed E-state index contributed by atoms with van der Waals surface area (Å²) in [7, 11) is 0. The molecular weight excluding hydrogens is 343 g/mol. The van der Waals surface area contributed by atoms with Crippen molar-refractivity contribution in [3.05, 3.63) is 40.4 Å². The number of hydrogen-bond donors (Lipinski definition) is 0. The molecule has 7 heteroatoms. The number of ether oxygens (including phenoxy) is 1. The fraction of sp³-hybridized carbons (Fsp3) is 0.471. The molecule has 3 nitrogen and oxygen atoms in total. The van der Waals surface area contributed by atoms with Gasteiger partial charge in [0.25, 0.3) is 0 Å². The molecule has 1 aliphatic rings. The van der Waals surface area contributed by atoms with Crippen LogP contribution >= 0.6 is 11.6 Å². The number of rotatable bonds is 5. The smallest absolute Gasteiger partial charge is 0.381 e. The van der Waals surface area contributed by atoms with E-state index in [0.29, 0.717) is 32.2 Å². The van der Waals surface area contributed by atoms with Crippen molar-refractivity contribution in [2.45, 2.75) is 19.5 Å². The Morgan fingerprint density at radius 3 is 2.79 bits per heavy atom. The van der Waals surface area contributed by atoms with Crippen LogP contribution in [0, 0.1) is 5.92 Å². The second kappa shape index (κ2) is 8.03. The molecule has 0 aliphatic carbocycles. The van der Waals surface area contributed by atoms with Crippen LogP contribution in [0.25, 0.3) is 6.08 Å². The highest BCUT2D eigenvalue weighted by atomic mass is 35.5. The van der Waals surface area contributed by atoms with Crippen LogP contribution in [0.2, 0.25) is 5.02 Å². The molecule has 0 radical (unpaired) electrons. The lowest BCUT2D eigenvalue weighted by atomic mass is 10.1. The maximum atomic E-state index is 12.8. The second-order valence-electron chi connectivity index (χ2n) is 5.68. The quantitative estimate of drug-likeness (QED) is 0.733. The van der Waals surface area contributed by atoms with Crippen molar-refractivity contribution in [2.75, 3.05) is 26.3 Å². The Balaban J connectivity index is 2.07. The van der Waals surface area contributed by atoms with Gasteiger partial charge < -0.3 is 9.64 Å². The summed E-state index contributed by atoms with van der Waals surface area (Å²) in [4.78, 5) is 13.9. The monoisotopic (exact) mass is 361 g/mol. The van der Waals surface area contributed by atoms with Crippen molar-refractivity contribution < 1.29 is 22.7 Å². The van der Waals surface area contributed by atoms with Gasteiger partial charge in [-0.1, -0.05) is 17.7 Å². The Morgan fingerprint density at radius 1 is 1.46 bits per heavy atom. The van der Waals surface area contributed by atoms with Gasteiger partial charge in [-0.05, 0) is 37.1 Å². The highest BCUT2D eigenvalue weighted by molar-refractivity contribution is 6.31. The lowest BCUT2D eigenvalue weighted by molar-refractivity contribution is -0.137. The third-order valence-corrected chi connectivity index (χ3v) is 4.24. The highest BCUT2D eigenvalue weighted by Gasteiger charge is 2.33. The minimum atomic E-state index is -4.52. The van der Waals surface area contributed by atoms with Crippen molar-refractivity contribution in [1.29, 1.82) is 0 Å². The maximum Gasteiger partial charge on any atom is 0.417 e. The van der Waals surface area contributed by atoms with E-state index in [0.717, 1.165) is 12.5 Å². The summed E-state index contributed by atoms with van der Waals surface area (Å²) in [6.45, 7) is 4.34. The summed E-state index contributed by atoms with van der Waals surface area (Å²) in [6, 6.07) is 3.57. The predicted molar refractivity (Wildman–Crippen MR) is 86.7 cm³/mol. The predicted octanol–water partition coefficient (Wildman–Crippen LogP) is 4.26. The van der Waals surface area contributed by atoms with E-state index in [4.69, 9.17) is 16.3 Å². The van der Waals surface area contributed by atoms with Gasteiger partial charge in [0.2, 0.25) is 5.91 Å². The van der Waals surface area contributed by atoms with E-state index < -0.39 is 11.7 Å². The number of carbonyl (C=O) groups is 1. The van der Waals surface area contributed by atoms with Crippen LogP contribution in [0.1, 0.15) is 24.5 Å². The van der Waals surface area contributed by atoms with Crippen LogP contribution in [0.3, 0.4) is 0 Å². The zero-order valence-electron chi connectivity index (χ0n) is 13.3. The fourth-order valence-electron chi connectivity index (χ4n) is 2.55. The first kappa shape index (κ1) is 18.8. The topological polar surface area (TPSA) is 29.5 Å². The lowest BCUT2D eigenvalue weighted by Gasteiger charge is -2.22. The van der Waals surface area contributed by atoms with E-state index in [1.54, 1.807) is 4.90 Å². The van der Waals surface area contributed by atoms with Crippen LogP contribution in [0.4, 0.5) is 13.2 Å². The number of alkyl halides is 3. The Kier molecular flexibility index (Phi) is 6.29.